The van der Waals surface area contributed by atoms with Crippen molar-refractivity contribution < 1.29 is 34.8 Å². The van der Waals surface area contributed by atoms with Crippen molar-refractivity contribution in [3.8, 4) is 0 Å². The Balaban J connectivity index is 1.69. The van der Waals surface area contributed by atoms with Crippen LogP contribution >= 0.6 is 0 Å². The Morgan fingerprint density at radius 3 is 2.39 bits per heavy atom. The van der Waals surface area contributed by atoms with Crippen LogP contribution in [0.2, 0.25) is 0 Å². The molecule has 7 heteroatoms. The lowest BCUT2D eigenvalue weighted by Gasteiger charge is -2.61. The lowest BCUT2D eigenvalue weighted by Crippen LogP contribution is -2.69. The van der Waals surface area contributed by atoms with Crippen LogP contribution in [0.4, 0.5) is 0 Å². The van der Waals surface area contributed by atoms with Crippen molar-refractivity contribution in [1.82, 2.24) is 0 Å². The number of esters is 1. The van der Waals surface area contributed by atoms with Crippen LogP contribution in [0.15, 0.2) is 59.7 Å². The third kappa shape index (κ3) is 3.89. The minimum absolute atomic E-state index is 0.248. The van der Waals surface area contributed by atoms with Crippen LogP contribution in [-0.4, -0.2) is 62.2 Å². The van der Waals surface area contributed by atoms with Crippen molar-refractivity contribution >= 4 is 17.8 Å². The number of aliphatic hydroxyl groups excluding tert-OH is 3. The van der Waals surface area contributed by atoms with Crippen LogP contribution in [0.25, 0.3) is 6.08 Å². The molecule has 2 bridgehead atoms. The average molecular weight is 497 g/mol. The van der Waals surface area contributed by atoms with Crippen LogP contribution in [0.1, 0.15) is 52.5 Å². The fraction of sp³-hybridized carbons (Fsp3) is 0.517. The standard InChI is InChI=1S/C29H36O7/c1-16-19(30)15-29(35)25(33)23-17(2)20(36-21(31)12-11-18-9-7-6-8-10-18)13-14-28(23,5)26(34)24(32)22(16)27(29,3)4/h6-12,20,23-26,32-35H,2,13-15H2,1,3-5H3. The maximum absolute atomic E-state index is 12.9. The molecule has 36 heavy (non-hydrogen) atoms. The van der Waals surface area contributed by atoms with Crippen molar-refractivity contribution in [3.05, 3.63) is 65.3 Å². The van der Waals surface area contributed by atoms with Gasteiger partial charge < -0.3 is 25.2 Å². The van der Waals surface area contributed by atoms with E-state index in [9.17, 15) is 30.0 Å². The van der Waals surface area contributed by atoms with E-state index in [0.717, 1.165) is 5.56 Å². The summed E-state index contributed by atoms with van der Waals surface area (Å²) in [6.45, 7) is 10.8. The van der Waals surface area contributed by atoms with Crippen molar-refractivity contribution in [2.75, 3.05) is 0 Å². The summed E-state index contributed by atoms with van der Waals surface area (Å²) in [7, 11) is 0. The number of carbonyl (C=O) groups is 2. The number of ketones is 1. The molecule has 7 nitrogen and oxygen atoms in total. The quantitative estimate of drug-likeness (QED) is 0.288. The number of carbonyl (C=O) groups excluding carboxylic acids is 2. The number of Topliss-reactive ketones (excluding diaryl/α,β-unsaturated/α-hetero) is 1. The van der Waals surface area contributed by atoms with Gasteiger partial charge in [-0.3, -0.25) is 4.79 Å². The van der Waals surface area contributed by atoms with Gasteiger partial charge in [0.25, 0.3) is 0 Å². The predicted octanol–water partition coefficient (Wildman–Crippen LogP) is 2.73. The number of fused-ring (bicyclic) bond motifs is 3. The molecular weight excluding hydrogens is 460 g/mol. The largest absolute Gasteiger partial charge is 0.455 e. The number of hydrogen-bond acceptors (Lipinski definition) is 7. The van der Waals surface area contributed by atoms with E-state index in [1.165, 1.54) is 6.08 Å². The zero-order chi connectivity index (χ0) is 26.6. The molecule has 4 rings (SSSR count). The van der Waals surface area contributed by atoms with Gasteiger partial charge in [-0.25, -0.2) is 4.79 Å². The van der Waals surface area contributed by atoms with Gasteiger partial charge in [-0.2, -0.15) is 0 Å². The Hall–Kier alpha value is -2.58. The highest BCUT2D eigenvalue weighted by Gasteiger charge is 2.66. The second kappa shape index (κ2) is 9.06. The molecule has 0 saturated heterocycles. The Kier molecular flexibility index (Phi) is 6.67. The summed E-state index contributed by atoms with van der Waals surface area (Å²) < 4.78 is 5.69. The van der Waals surface area contributed by atoms with E-state index < -0.39 is 58.5 Å². The molecule has 0 spiro atoms. The molecule has 0 aromatic heterocycles. The number of benzene rings is 1. The summed E-state index contributed by atoms with van der Waals surface area (Å²) in [5, 5.41) is 46.4. The predicted molar refractivity (Wildman–Crippen MR) is 134 cm³/mol. The summed E-state index contributed by atoms with van der Waals surface area (Å²) >= 11 is 0. The third-order valence-corrected chi connectivity index (χ3v) is 9.02. The lowest BCUT2D eigenvalue weighted by molar-refractivity contribution is -0.216. The van der Waals surface area contributed by atoms with Gasteiger partial charge in [0, 0.05) is 29.2 Å². The number of allylic oxidation sites excluding steroid dienone is 1. The summed E-state index contributed by atoms with van der Waals surface area (Å²) in [6.07, 6.45) is -1.78. The molecule has 4 N–H and O–H groups in total. The summed E-state index contributed by atoms with van der Waals surface area (Å²) in [6, 6.07) is 9.29. The van der Waals surface area contributed by atoms with Crippen LogP contribution in [0, 0.1) is 16.7 Å². The fourth-order valence-electron chi connectivity index (χ4n) is 6.66. The minimum Gasteiger partial charge on any atom is -0.455 e. The first kappa shape index (κ1) is 26.5. The highest BCUT2D eigenvalue weighted by molar-refractivity contribution is 5.98. The molecule has 3 aliphatic carbocycles. The molecule has 0 heterocycles. The molecular formula is C29H36O7. The Bertz CT molecular complexity index is 1130. The van der Waals surface area contributed by atoms with Crippen molar-refractivity contribution in [2.24, 2.45) is 16.7 Å². The number of ether oxygens (including phenoxy) is 1. The molecule has 1 aromatic rings. The van der Waals surface area contributed by atoms with E-state index in [1.54, 1.807) is 33.8 Å². The fourth-order valence-corrected chi connectivity index (χ4v) is 6.66. The summed E-state index contributed by atoms with van der Waals surface area (Å²) in [5.74, 6) is -1.91. The van der Waals surface area contributed by atoms with Crippen LogP contribution in [0.5, 0.6) is 0 Å². The minimum atomic E-state index is -1.92. The van der Waals surface area contributed by atoms with Gasteiger partial charge in [0.1, 0.15) is 17.8 Å². The molecule has 1 aromatic carbocycles. The van der Waals surface area contributed by atoms with Gasteiger partial charge in [0.2, 0.25) is 0 Å². The van der Waals surface area contributed by atoms with Gasteiger partial charge in [-0.05, 0) is 48.1 Å². The molecule has 7 unspecified atom stereocenters. The zero-order valence-corrected chi connectivity index (χ0v) is 21.3. The Morgan fingerprint density at radius 1 is 1.11 bits per heavy atom. The number of aliphatic hydroxyl groups is 4. The molecule has 3 aliphatic rings. The normalized spacial score (nSPS) is 38.4. The molecule has 0 amide bonds. The molecule has 0 radical (unpaired) electrons. The topological polar surface area (TPSA) is 124 Å². The molecule has 0 aliphatic heterocycles. The van der Waals surface area contributed by atoms with E-state index in [0.29, 0.717) is 24.0 Å². The maximum Gasteiger partial charge on any atom is 0.331 e. The zero-order valence-electron chi connectivity index (χ0n) is 21.3. The van der Waals surface area contributed by atoms with Crippen molar-refractivity contribution in [3.63, 3.8) is 0 Å². The number of hydrogen-bond donors (Lipinski definition) is 4. The smallest absolute Gasteiger partial charge is 0.331 e. The van der Waals surface area contributed by atoms with Gasteiger partial charge in [0.05, 0.1) is 12.2 Å². The SMILES string of the molecule is C=C1C(OC(=O)C=Cc2ccccc2)CCC2(C)C(O)C(O)C3=C(C)C(=O)CC(O)(C(O)C12)C3(C)C. The highest BCUT2D eigenvalue weighted by atomic mass is 16.5. The van der Waals surface area contributed by atoms with E-state index in [1.807, 2.05) is 30.3 Å². The first-order chi connectivity index (χ1) is 16.8. The van der Waals surface area contributed by atoms with Crippen molar-refractivity contribution in [2.45, 2.75) is 77.0 Å². The number of rotatable bonds is 3. The molecule has 194 valence electrons. The highest BCUT2D eigenvalue weighted by Crippen LogP contribution is 2.60. The third-order valence-electron chi connectivity index (χ3n) is 9.02. The Labute approximate surface area is 211 Å². The monoisotopic (exact) mass is 496 g/mol. The summed E-state index contributed by atoms with van der Waals surface area (Å²) in [5.41, 5.74) is -2.50. The summed E-state index contributed by atoms with van der Waals surface area (Å²) in [4.78, 5) is 25.5. The van der Waals surface area contributed by atoms with Crippen molar-refractivity contribution in [1.29, 1.82) is 0 Å². The van der Waals surface area contributed by atoms with E-state index in [-0.39, 0.29) is 12.0 Å². The average Bonchev–Trinajstić information content (AvgIpc) is 2.83. The molecule has 7 atom stereocenters. The second-order valence-corrected chi connectivity index (χ2v) is 11.3. The van der Waals surface area contributed by atoms with E-state index >= 15 is 0 Å². The van der Waals surface area contributed by atoms with Gasteiger partial charge in [-0.15, -0.1) is 0 Å². The van der Waals surface area contributed by atoms with Gasteiger partial charge in [0.15, 0.2) is 5.78 Å². The van der Waals surface area contributed by atoms with Crippen LogP contribution in [0.3, 0.4) is 0 Å². The first-order valence-corrected chi connectivity index (χ1v) is 12.4. The second-order valence-electron chi connectivity index (χ2n) is 11.3. The molecule has 2 fully saturated rings. The first-order valence-electron chi connectivity index (χ1n) is 12.4. The van der Waals surface area contributed by atoms with Crippen LogP contribution < -0.4 is 0 Å². The Morgan fingerprint density at radius 2 is 1.75 bits per heavy atom. The van der Waals surface area contributed by atoms with Gasteiger partial charge >= 0.3 is 5.97 Å². The maximum atomic E-state index is 12.9. The van der Waals surface area contributed by atoms with Gasteiger partial charge in [-0.1, -0.05) is 57.7 Å². The van der Waals surface area contributed by atoms with E-state index in [4.69, 9.17) is 4.74 Å². The lowest BCUT2D eigenvalue weighted by atomic mass is 9.48. The van der Waals surface area contributed by atoms with E-state index in [2.05, 4.69) is 6.58 Å². The molecule has 2 saturated carbocycles. The van der Waals surface area contributed by atoms with Crippen LogP contribution in [-0.2, 0) is 14.3 Å².